The van der Waals surface area contributed by atoms with Gasteiger partial charge in [0.05, 0.1) is 24.7 Å². The van der Waals surface area contributed by atoms with E-state index in [1.165, 1.54) is 12.3 Å². The number of ether oxygens (including phenoxy) is 1. The molecule has 1 aromatic rings. The molecule has 2 amide bonds. The summed E-state index contributed by atoms with van der Waals surface area (Å²) in [4.78, 5) is 25.7. The first kappa shape index (κ1) is 15.6. The van der Waals surface area contributed by atoms with E-state index < -0.39 is 0 Å². The predicted molar refractivity (Wildman–Crippen MR) is 93.5 cm³/mol. The average Bonchev–Trinajstić information content (AvgIpc) is 3.23. The average molecular weight is 352 g/mol. The maximum Gasteiger partial charge on any atom is 0.254 e. The highest BCUT2D eigenvalue weighted by Gasteiger charge is 2.73. The molecule has 26 heavy (non-hydrogen) atoms. The van der Waals surface area contributed by atoms with Crippen LogP contribution in [-0.2, 0) is 9.59 Å². The monoisotopic (exact) mass is 352 g/mol. The minimum atomic E-state index is -0.240. The quantitative estimate of drug-likeness (QED) is 0.512. The van der Waals surface area contributed by atoms with Crippen LogP contribution in [0.25, 0.3) is 0 Å². The smallest absolute Gasteiger partial charge is 0.254 e. The van der Waals surface area contributed by atoms with Crippen LogP contribution in [0.1, 0.15) is 25.3 Å². The zero-order chi connectivity index (χ0) is 18.1. The molecule has 6 heteroatoms. The minimum Gasteiger partial charge on any atom is -0.504 e. The first-order valence-electron chi connectivity index (χ1n) is 9.13. The Balaban J connectivity index is 1.39. The maximum absolute atomic E-state index is 12.8. The van der Waals surface area contributed by atoms with Gasteiger partial charge in [0, 0.05) is 0 Å². The second-order valence-electron chi connectivity index (χ2n) is 7.61. The number of imide groups is 1. The summed E-state index contributed by atoms with van der Waals surface area (Å²) in [6, 6.07) is 4.81. The summed E-state index contributed by atoms with van der Waals surface area (Å²) in [6.45, 7) is 2.26. The van der Waals surface area contributed by atoms with Crippen LogP contribution in [-0.4, -0.2) is 34.8 Å². The van der Waals surface area contributed by atoms with Crippen molar-refractivity contribution >= 4 is 18.0 Å². The van der Waals surface area contributed by atoms with Crippen molar-refractivity contribution in [2.24, 2.45) is 34.2 Å². The fourth-order valence-electron chi connectivity index (χ4n) is 5.18. The van der Waals surface area contributed by atoms with Gasteiger partial charge in [-0.1, -0.05) is 12.2 Å². The molecule has 4 atom stereocenters. The number of carbonyl (C=O) groups is 2. The van der Waals surface area contributed by atoms with Crippen LogP contribution >= 0.6 is 0 Å². The van der Waals surface area contributed by atoms with Gasteiger partial charge in [-0.25, -0.2) is 0 Å². The molecule has 3 fully saturated rings. The third kappa shape index (κ3) is 1.90. The molecule has 1 N–H and O–H groups in total. The predicted octanol–water partition coefficient (Wildman–Crippen LogP) is 2.32. The van der Waals surface area contributed by atoms with Gasteiger partial charge in [0.2, 0.25) is 0 Å². The van der Waals surface area contributed by atoms with Crippen molar-refractivity contribution in [3.63, 3.8) is 0 Å². The summed E-state index contributed by atoms with van der Waals surface area (Å²) >= 11 is 0. The molecule has 1 saturated heterocycles. The van der Waals surface area contributed by atoms with E-state index in [2.05, 4.69) is 17.3 Å². The van der Waals surface area contributed by atoms with Crippen LogP contribution in [0.4, 0.5) is 0 Å². The molecule has 0 radical (unpaired) electrons. The number of hydrazone groups is 1. The number of carbonyl (C=O) groups excluding carboxylic acids is 2. The lowest BCUT2D eigenvalue weighted by Gasteiger charge is -2.18. The van der Waals surface area contributed by atoms with Crippen LogP contribution in [0.3, 0.4) is 0 Å². The van der Waals surface area contributed by atoms with Crippen molar-refractivity contribution in [1.29, 1.82) is 0 Å². The second-order valence-corrected chi connectivity index (χ2v) is 7.61. The van der Waals surface area contributed by atoms with Gasteiger partial charge in [0.15, 0.2) is 11.5 Å². The summed E-state index contributed by atoms with van der Waals surface area (Å²) in [6.07, 6.45) is 8.01. The normalized spacial score (nSPS) is 32.9. The van der Waals surface area contributed by atoms with E-state index in [9.17, 15) is 14.7 Å². The van der Waals surface area contributed by atoms with E-state index in [1.807, 2.05) is 6.92 Å². The van der Waals surface area contributed by atoms with Gasteiger partial charge in [-0.3, -0.25) is 9.59 Å². The Morgan fingerprint density at radius 2 is 1.88 bits per heavy atom. The molecule has 1 aliphatic heterocycles. The lowest BCUT2D eigenvalue weighted by atomic mass is 9.85. The van der Waals surface area contributed by atoms with Crippen molar-refractivity contribution in [2.45, 2.75) is 19.8 Å². The van der Waals surface area contributed by atoms with Gasteiger partial charge >= 0.3 is 0 Å². The molecule has 2 saturated carbocycles. The molecule has 3 aliphatic carbocycles. The van der Waals surface area contributed by atoms with Crippen LogP contribution in [0.5, 0.6) is 11.5 Å². The van der Waals surface area contributed by atoms with Crippen molar-refractivity contribution in [3.8, 4) is 11.5 Å². The highest BCUT2D eigenvalue weighted by Crippen LogP contribution is 2.73. The van der Waals surface area contributed by atoms with Gasteiger partial charge in [-0.15, -0.1) is 0 Å². The van der Waals surface area contributed by atoms with E-state index in [0.717, 1.165) is 17.9 Å². The summed E-state index contributed by atoms with van der Waals surface area (Å²) in [5, 5.41) is 15.0. The summed E-state index contributed by atoms with van der Waals surface area (Å²) in [5.74, 6) is -0.0346. The Morgan fingerprint density at radius 1 is 1.23 bits per heavy atom. The van der Waals surface area contributed by atoms with Crippen LogP contribution in [0.15, 0.2) is 35.5 Å². The molecule has 134 valence electrons. The SMILES string of the molecule is CCOc1cc(/C=N\N2C(=O)[C@@H]3[C@@H](C2=O)[C@H]2C=C[C@H]3C23CC3)ccc1O. The highest BCUT2D eigenvalue weighted by molar-refractivity contribution is 6.07. The molecule has 1 heterocycles. The molecule has 2 bridgehead atoms. The van der Waals surface area contributed by atoms with Gasteiger partial charge in [0.25, 0.3) is 11.8 Å². The third-order valence-corrected chi connectivity index (χ3v) is 6.44. The number of hydrogen-bond donors (Lipinski definition) is 1. The molecule has 5 rings (SSSR count). The first-order chi connectivity index (χ1) is 12.6. The maximum atomic E-state index is 12.8. The summed E-state index contributed by atoms with van der Waals surface area (Å²) in [7, 11) is 0. The third-order valence-electron chi connectivity index (χ3n) is 6.44. The largest absolute Gasteiger partial charge is 0.504 e. The van der Waals surface area contributed by atoms with Gasteiger partial charge in [-0.2, -0.15) is 10.1 Å². The van der Waals surface area contributed by atoms with E-state index in [4.69, 9.17) is 4.74 Å². The van der Waals surface area contributed by atoms with Crippen LogP contribution < -0.4 is 4.74 Å². The zero-order valence-corrected chi connectivity index (χ0v) is 14.5. The summed E-state index contributed by atoms with van der Waals surface area (Å²) < 4.78 is 5.35. The molecule has 1 aromatic carbocycles. The molecule has 6 nitrogen and oxygen atoms in total. The molecule has 1 spiro atoms. The van der Waals surface area contributed by atoms with Crippen molar-refractivity contribution in [2.75, 3.05) is 6.61 Å². The number of aromatic hydroxyl groups is 1. The number of allylic oxidation sites excluding steroid dienone is 2. The topological polar surface area (TPSA) is 79.2 Å². The Bertz CT molecular complexity index is 837. The molecule has 4 aliphatic rings. The van der Waals surface area contributed by atoms with Crippen molar-refractivity contribution in [3.05, 3.63) is 35.9 Å². The van der Waals surface area contributed by atoms with Crippen LogP contribution in [0.2, 0.25) is 0 Å². The number of rotatable bonds is 4. The molecular weight excluding hydrogens is 332 g/mol. The van der Waals surface area contributed by atoms with Crippen LogP contribution in [0, 0.1) is 29.1 Å². The minimum absolute atomic E-state index is 0.0456. The van der Waals surface area contributed by atoms with Crippen molar-refractivity contribution < 1.29 is 19.4 Å². The number of hydrogen-bond acceptors (Lipinski definition) is 5. The Morgan fingerprint density at radius 3 is 2.46 bits per heavy atom. The second kappa shape index (κ2) is 5.19. The fourth-order valence-corrected chi connectivity index (χ4v) is 5.18. The Labute approximate surface area is 151 Å². The van der Waals surface area contributed by atoms with Gasteiger partial charge < -0.3 is 9.84 Å². The fraction of sp³-hybridized carbons (Fsp3) is 0.450. The molecule has 0 unspecified atom stereocenters. The van der Waals surface area contributed by atoms with E-state index >= 15 is 0 Å². The number of amides is 2. The Hall–Kier alpha value is -2.63. The Kier molecular flexibility index (Phi) is 3.12. The van der Waals surface area contributed by atoms with E-state index in [0.29, 0.717) is 17.9 Å². The summed E-state index contributed by atoms with van der Waals surface area (Å²) in [5.41, 5.74) is 0.850. The molecule has 0 aromatic heterocycles. The van der Waals surface area contributed by atoms with Gasteiger partial charge in [-0.05, 0) is 60.8 Å². The number of phenols is 1. The number of phenolic OH excluding ortho intramolecular Hbond substituents is 1. The van der Waals surface area contributed by atoms with E-state index in [1.54, 1.807) is 12.1 Å². The van der Waals surface area contributed by atoms with Crippen molar-refractivity contribution in [1.82, 2.24) is 5.01 Å². The number of nitrogens with zero attached hydrogens (tertiary/aromatic N) is 2. The highest BCUT2D eigenvalue weighted by atomic mass is 16.5. The lowest BCUT2D eigenvalue weighted by Crippen LogP contribution is -2.30. The number of benzene rings is 1. The zero-order valence-electron chi connectivity index (χ0n) is 14.5. The van der Waals surface area contributed by atoms with Gasteiger partial charge in [0.1, 0.15) is 0 Å². The van der Waals surface area contributed by atoms with E-state index in [-0.39, 0.29) is 46.7 Å². The lowest BCUT2D eigenvalue weighted by molar-refractivity contribution is -0.141. The standard InChI is InChI=1S/C20H20N2O4/c1-2-26-15-9-11(3-6-14(15)23)10-21-22-18(24)16-12-4-5-13(17(16)19(22)25)20(12)7-8-20/h3-6,9-10,12-13,16-17,23H,2,7-8H2,1H3/b21-10-/t12-,13-,16+,17+/m1/s1. The molecular formula is C20H20N2O4. The number of fused-ring (bicyclic) bond motifs is 3. The first-order valence-corrected chi connectivity index (χ1v) is 9.13.